The van der Waals surface area contributed by atoms with Crippen molar-refractivity contribution in [2.24, 2.45) is 23.7 Å². The third-order valence-electron chi connectivity index (χ3n) is 7.02. The molecule has 4 aliphatic rings. The summed E-state index contributed by atoms with van der Waals surface area (Å²) in [6, 6.07) is 5.34. The number of hydrogen-bond acceptors (Lipinski definition) is 4. The molecule has 2 heterocycles. The van der Waals surface area contributed by atoms with E-state index in [9.17, 15) is 19.2 Å². The SMILES string of the molecule is Cc1cccc(C(=O)N2CCCC2)c1NC(=O)CN1C(=O)C2C3C=CC(C3)C2C1=O. The second kappa shape index (κ2) is 7.07. The molecule has 2 bridgehead atoms. The third kappa shape index (κ3) is 2.87. The highest BCUT2D eigenvalue weighted by Gasteiger charge is 2.59. The van der Waals surface area contributed by atoms with Gasteiger partial charge in [-0.25, -0.2) is 0 Å². The predicted molar refractivity (Wildman–Crippen MR) is 109 cm³/mol. The lowest BCUT2D eigenvalue weighted by Gasteiger charge is -2.21. The highest BCUT2D eigenvalue weighted by atomic mass is 16.2. The minimum Gasteiger partial charge on any atom is -0.339 e. The molecule has 4 atom stereocenters. The van der Waals surface area contributed by atoms with Crippen LogP contribution in [0.2, 0.25) is 0 Å². The minimum absolute atomic E-state index is 0.1000. The van der Waals surface area contributed by atoms with E-state index in [1.165, 1.54) is 0 Å². The number of nitrogens with one attached hydrogen (secondary N) is 1. The molecule has 4 amide bonds. The van der Waals surface area contributed by atoms with Crippen LogP contribution < -0.4 is 5.32 Å². The molecule has 5 rings (SSSR count). The molecule has 1 saturated carbocycles. The van der Waals surface area contributed by atoms with Crippen LogP contribution in [0.25, 0.3) is 0 Å². The third-order valence-corrected chi connectivity index (χ3v) is 7.02. The van der Waals surface area contributed by atoms with Crippen LogP contribution in [0.4, 0.5) is 5.69 Å². The summed E-state index contributed by atoms with van der Waals surface area (Å²) in [5, 5.41) is 2.81. The van der Waals surface area contributed by atoms with E-state index in [1.807, 2.05) is 25.1 Å². The van der Waals surface area contributed by atoms with E-state index in [1.54, 1.807) is 17.0 Å². The number of benzene rings is 1. The van der Waals surface area contributed by atoms with Crippen molar-refractivity contribution in [1.82, 2.24) is 9.80 Å². The van der Waals surface area contributed by atoms with Gasteiger partial charge in [-0.2, -0.15) is 0 Å². The number of amides is 4. The Morgan fingerprint density at radius 2 is 1.67 bits per heavy atom. The molecular weight excluding hydrogens is 382 g/mol. The number of anilines is 1. The van der Waals surface area contributed by atoms with Gasteiger partial charge in [0, 0.05) is 13.1 Å². The lowest BCUT2D eigenvalue weighted by molar-refractivity contribution is -0.143. The van der Waals surface area contributed by atoms with Crippen molar-refractivity contribution in [3.05, 3.63) is 41.5 Å². The monoisotopic (exact) mass is 407 g/mol. The highest BCUT2D eigenvalue weighted by molar-refractivity contribution is 6.11. The molecule has 4 unspecified atom stereocenters. The highest BCUT2D eigenvalue weighted by Crippen LogP contribution is 2.52. The molecule has 1 N–H and O–H groups in total. The summed E-state index contributed by atoms with van der Waals surface area (Å²) in [5.41, 5.74) is 1.68. The topological polar surface area (TPSA) is 86.8 Å². The fourth-order valence-corrected chi connectivity index (χ4v) is 5.54. The maximum Gasteiger partial charge on any atom is 0.255 e. The molecule has 2 aliphatic carbocycles. The molecule has 0 aromatic heterocycles. The maximum atomic E-state index is 12.9. The average Bonchev–Trinajstić information content (AvgIpc) is 3.51. The Morgan fingerprint density at radius 3 is 2.30 bits per heavy atom. The smallest absolute Gasteiger partial charge is 0.255 e. The second-order valence-corrected chi connectivity index (χ2v) is 8.81. The molecular formula is C23H25N3O4. The molecule has 0 spiro atoms. The number of para-hydroxylation sites is 1. The first-order chi connectivity index (χ1) is 14.5. The largest absolute Gasteiger partial charge is 0.339 e. The van der Waals surface area contributed by atoms with Crippen molar-refractivity contribution < 1.29 is 19.2 Å². The van der Waals surface area contributed by atoms with E-state index in [-0.39, 0.29) is 47.9 Å². The number of hydrogen-bond donors (Lipinski definition) is 1. The van der Waals surface area contributed by atoms with Gasteiger partial charge < -0.3 is 10.2 Å². The van der Waals surface area contributed by atoms with Crippen molar-refractivity contribution in [1.29, 1.82) is 0 Å². The molecule has 156 valence electrons. The predicted octanol–water partition coefficient (Wildman–Crippen LogP) is 1.98. The summed E-state index contributed by atoms with van der Waals surface area (Å²) >= 11 is 0. The number of likely N-dealkylation sites (tertiary alicyclic amines) is 2. The lowest BCUT2D eigenvalue weighted by atomic mass is 9.85. The van der Waals surface area contributed by atoms with Gasteiger partial charge in [0.25, 0.3) is 5.91 Å². The van der Waals surface area contributed by atoms with E-state index in [4.69, 9.17) is 0 Å². The van der Waals surface area contributed by atoms with Gasteiger partial charge in [-0.3, -0.25) is 24.1 Å². The summed E-state index contributed by atoms with van der Waals surface area (Å²) in [7, 11) is 0. The number of nitrogens with zero attached hydrogens (tertiary/aromatic N) is 2. The zero-order valence-electron chi connectivity index (χ0n) is 17.0. The van der Waals surface area contributed by atoms with Gasteiger partial charge in [-0.15, -0.1) is 0 Å². The summed E-state index contributed by atoms with van der Waals surface area (Å²) in [5.74, 6) is -1.43. The number of allylic oxidation sites excluding steroid dienone is 2. The zero-order valence-corrected chi connectivity index (χ0v) is 17.0. The average molecular weight is 407 g/mol. The van der Waals surface area contributed by atoms with Gasteiger partial charge in [-0.1, -0.05) is 24.3 Å². The van der Waals surface area contributed by atoms with Gasteiger partial charge in [0.1, 0.15) is 6.54 Å². The van der Waals surface area contributed by atoms with E-state index in [0.29, 0.717) is 11.3 Å². The molecule has 7 heteroatoms. The normalized spacial score (nSPS) is 29.1. The summed E-state index contributed by atoms with van der Waals surface area (Å²) in [6.07, 6.45) is 6.89. The van der Waals surface area contributed by atoms with E-state index >= 15 is 0 Å². The Labute approximate surface area is 175 Å². The fraction of sp³-hybridized carbons (Fsp3) is 0.478. The quantitative estimate of drug-likeness (QED) is 0.611. The Balaban J connectivity index is 1.32. The number of aryl methyl sites for hydroxylation is 1. The van der Waals surface area contributed by atoms with Gasteiger partial charge >= 0.3 is 0 Å². The molecule has 1 aromatic carbocycles. The molecule has 1 aromatic rings. The number of imide groups is 1. The molecule has 3 fully saturated rings. The van der Waals surface area contributed by atoms with E-state index < -0.39 is 5.91 Å². The molecule has 7 nitrogen and oxygen atoms in total. The van der Waals surface area contributed by atoms with Crippen molar-refractivity contribution in [2.75, 3.05) is 25.0 Å². The van der Waals surface area contributed by atoms with Crippen molar-refractivity contribution in [2.45, 2.75) is 26.2 Å². The Bertz CT molecular complexity index is 949. The molecule has 2 saturated heterocycles. The van der Waals surface area contributed by atoms with Crippen LogP contribution >= 0.6 is 0 Å². The Hall–Kier alpha value is -2.96. The lowest BCUT2D eigenvalue weighted by Crippen LogP contribution is -2.39. The summed E-state index contributed by atoms with van der Waals surface area (Å²) < 4.78 is 0. The van der Waals surface area contributed by atoms with Crippen LogP contribution in [0.1, 0.15) is 35.2 Å². The minimum atomic E-state index is -0.457. The standard InChI is InChI=1S/C23H25N3O4/c1-13-5-4-6-16(21(28)25-9-2-3-10-25)20(13)24-17(27)12-26-22(29)18-14-7-8-15(11-14)19(18)23(26)30/h4-8,14-15,18-19H,2-3,9-12H2,1H3,(H,24,27). The second-order valence-electron chi connectivity index (χ2n) is 8.81. The van der Waals surface area contributed by atoms with E-state index in [0.717, 1.165) is 42.8 Å². The van der Waals surface area contributed by atoms with Crippen LogP contribution in [-0.2, 0) is 14.4 Å². The van der Waals surface area contributed by atoms with Crippen LogP contribution in [0.3, 0.4) is 0 Å². The summed E-state index contributed by atoms with van der Waals surface area (Å²) in [4.78, 5) is 54.3. The summed E-state index contributed by atoms with van der Waals surface area (Å²) in [6.45, 7) is 2.96. The van der Waals surface area contributed by atoms with Crippen molar-refractivity contribution in [3.63, 3.8) is 0 Å². The first-order valence-electron chi connectivity index (χ1n) is 10.7. The van der Waals surface area contributed by atoms with Crippen molar-refractivity contribution in [3.8, 4) is 0 Å². The molecule has 0 radical (unpaired) electrons. The molecule has 2 aliphatic heterocycles. The number of fused-ring (bicyclic) bond motifs is 5. The first kappa shape index (κ1) is 19.0. The fourth-order valence-electron chi connectivity index (χ4n) is 5.54. The van der Waals surface area contributed by atoms with Gasteiger partial charge in [-0.05, 0) is 49.7 Å². The van der Waals surface area contributed by atoms with Crippen LogP contribution in [0.5, 0.6) is 0 Å². The first-order valence-corrected chi connectivity index (χ1v) is 10.7. The number of rotatable bonds is 4. The van der Waals surface area contributed by atoms with Crippen LogP contribution in [0.15, 0.2) is 30.4 Å². The maximum absolute atomic E-state index is 12.9. The van der Waals surface area contributed by atoms with Gasteiger partial charge in [0.15, 0.2) is 0 Å². The van der Waals surface area contributed by atoms with E-state index in [2.05, 4.69) is 5.32 Å². The van der Waals surface area contributed by atoms with Crippen molar-refractivity contribution >= 4 is 29.3 Å². The Kier molecular flexibility index (Phi) is 4.49. The van der Waals surface area contributed by atoms with Crippen LogP contribution in [-0.4, -0.2) is 53.1 Å². The van der Waals surface area contributed by atoms with Crippen LogP contribution in [0, 0.1) is 30.6 Å². The molecule has 30 heavy (non-hydrogen) atoms. The number of carbonyl (C=O) groups excluding carboxylic acids is 4. The van der Waals surface area contributed by atoms with Gasteiger partial charge in [0.05, 0.1) is 23.1 Å². The Morgan fingerprint density at radius 1 is 1.03 bits per heavy atom. The zero-order chi connectivity index (χ0) is 21.0. The number of carbonyl (C=O) groups is 4. The van der Waals surface area contributed by atoms with Gasteiger partial charge in [0.2, 0.25) is 17.7 Å².